The average Bonchev–Trinajstić information content (AvgIpc) is 2.67. The molecule has 0 aromatic heterocycles. The van der Waals surface area contributed by atoms with Gasteiger partial charge in [-0.25, -0.2) is 0 Å². The van der Waals surface area contributed by atoms with E-state index in [4.69, 9.17) is 4.74 Å². The Morgan fingerprint density at radius 1 is 1.00 bits per heavy atom. The molecule has 0 bridgehead atoms. The Labute approximate surface area is 151 Å². The maximum Gasteiger partial charge on any atom is 0.305 e. The molecule has 2 aromatic rings. The van der Waals surface area contributed by atoms with Gasteiger partial charge in [0.2, 0.25) is 0 Å². The molecule has 0 N–H and O–H groups in total. The van der Waals surface area contributed by atoms with Crippen molar-refractivity contribution in [1.82, 2.24) is 0 Å². The van der Waals surface area contributed by atoms with Crippen molar-refractivity contribution in [3.63, 3.8) is 0 Å². The van der Waals surface area contributed by atoms with Gasteiger partial charge in [0.1, 0.15) is 0 Å². The molecular weight excluding hydrogens is 308 g/mol. The zero-order chi connectivity index (χ0) is 17.5. The normalized spacial score (nSPS) is 19.2. The Morgan fingerprint density at radius 3 is 2.48 bits per heavy atom. The fraction of sp³-hybridized carbons (Fsp3) is 0.435. The second kappa shape index (κ2) is 8.84. The number of hydrogen-bond acceptors (Lipinski definition) is 2. The topological polar surface area (TPSA) is 26.3 Å². The maximum atomic E-state index is 11.9. The monoisotopic (exact) mass is 336 g/mol. The molecule has 0 saturated heterocycles. The second-order valence-corrected chi connectivity index (χ2v) is 6.98. The lowest BCUT2D eigenvalue weighted by atomic mass is 9.73. The Morgan fingerprint density at radius 2 is 1.72 bits per heavy atom. The van der Waals surface area contributed by atoms with Crippen LogP contribution in [0.15, 0.2) is 54.6 Å². The van der Waals surface area contributed by atoms with Gasteiger partial charge in [-0.15, -0.1) is 0 Å². The van der Waals surface area contributed by atoms with Gasteiger partial charge in [0.05, 0.1) is 6.61 Å². The molecule has 132 valence electrons. The van der Waals surface area contributed by atoms with Crippen molar-refractivity contribution in [3.8, 4) is 0 Å². The van der Waals surface area contributed by atoms with Crippen molar-refractivity contribution in [2.24, 2.45) is 0 Å². The van der Waals surface area contributed by atoms with Crippen LogP contribution in [0.4, 0.5) is 0 Å². The van der Waals surface area contributed by atoms with E-state index in [1.165, 1.54) is 16.7 Å². The number of carbonyl (C=O) groups excluding carboxylic acids is 1. The summed E-state index contributed by atoms with van der Waals surface area (Å²) in [5.41, 5.74) is 4.25. The van der Waals surface area contributed by atoms with Crippen LogP contribution in [0.2, 0.25) is 0 Å². The van der Waals surface area contributed by atoms with Crippen LogP contribution in [-0.2, 0) is 9.53 Å². The van der Waals surface area contributed by atoms with Gasteiger partial charge in [0.15, 0.2) is 0 Å². The smallest absolute Gasteiger partial charge is 0.305 e. The first-order chi connectivity index (χ1) is 12.3. The zero-order valence-corrected chi connectivity index (χ0v) is 15.1. The van der Waals surface area contributed by atoms with E-state index in [0.717, 1.165) is 32.1 Å². The zero-order valence-electron chi connectivity index (χ0n) is 15.1. The van der Waals surface area contributed by atoms with E-state index in [1.807, 2.05) is 0 Å². The Bertz CT molecular complexity index is 678. The quantitative estimate of drug-likeness (QED) is 0.470. The predicted molar refractivity (Wildman–Crippen MR) is 102 cm³/mol. The van der Waals surface area contributed by atoms with Crippen molar-refractivity contribution in [2.45, 2.75) is 57.3 Å². The minimum absolute atomic E-state index is 0.0453. The number of rotatable bonds is 7. The number of carbonyl (C=O) groups is 1. The molecule has 2 atom stereocenters. The number of esters is 1. The van der Waals surface area contributed by atoms with Gasteiger partial charge in [-0.05, 0) is 48.3 Å². The third kappa shape index (κ3) is 4.50. The van der Waals surface area contributed by atoms with E-state index in [0.29, 0.717) is 24.9 Å². The summed E-state index contributed by atoms with van der Waals surface area (Å²) in [6.45, 7) is 2.67. The fourth-order valence-electron chi connectivity index (χ4n) is 3.90. The molecule has 0 fully saturated rings. The highest BCUT2D eigenvalue weighted by atomic mass is 16.5. The van der Waals surface area contributed by atoms with Gasteiger partial charge < -0.3 is 4.74 Å². The van der Waals surface area contributed by atoms with Crippen molar-refractivity contribution in [1.29, 1.82) is 0 Å². The molecule has 0 radical (unpaired) electrons. The van der Waals surface area contributed by atoms with Gasteiger partial charge in [0.25, 0.3) is 0 Å². The van der Waals surface area contributed by atoms with E-state index < -0.39 is 0 Å². The Balaban J connectivity index is 1.68. The van der Waals surface area contributed by atoms with Crippen molar-refractivity contribution in [3.05, 3.63) is 71.3 Å². The second-order valence-electron chi connectivity index (χ2n) is 6.98. The lowest BCUT2D eigenvalue weighted by Gasteiger charge is -2.32. The lowest BCUT2D eigenvalue weighted by Crippen LogP contribution is -2.17. The van der Waals surface area contributed by atoms with E-state index >= 15 is 0 Å². The molecule has 0 spiro atoms. The highest BCUT2D eigenvalue weighted by Crippen LogP contribution is 2.43. The summed E-state index contributed by atoms with van der Waals surface area (Å²) >= 11 is 0. The van der Waals surface area contributed by atoms with Crippen molar-refractivity contribution in [2.75, 3.05) is 6.61 Å². The minimum atomic E-state index is -0.0453. The first-order valence-corrected chi connectivity index (χ1v) is 9.59. The van der Waals surface area contributed by atoms with Gasteiger partial charge in [0, 0.05) is 12.3 Å². The van der Waals surface area contributed by atoms with Crippen LogP contribution in [0.3, 0.4) is 0 Å². The SMILES string of the molecule is CCCCOC(=O)CCC1CCC(c2ccccc2)c2ccccc21. The molecule has 2 aromatic carbocycles. The summed E-state index contributed by atoms with van der Waals surface area (Å²) in [5.74, 6) is 0.899. The predicted octanol–water partition coefficient (Wildman–Crippen LogP) is 5.82. The fourth-order valence-corrected chi connectivity index (χ4v) is 3.90. The van der Waals surface area contributed by atoms with Gasteiger partial charge >= 0.3 is 5.97 Å². The van der Waals surface area contributed by atoms with Gasteiger partial charge in [-0.1, -0.05) is 67.9 Å². The molecular formula is C23H28O2. The number of hydrogen-bond donors (Lipinski definition) is 0. The first kappa shape index (κ1) is 17.7. The van der Waals surface area contributed by atoms with Crippen molar-refractivity contribution < 1.29 is 9.53 Å². The maximum absolute atomic E-state index is 11.9. The lowest BCUT2D eigenvalue weighted by molar-refractivity contribution is -0.144. The summed E-state index contributed by atoms with van der Waals surface area (Å²) in [4.78, 5) is 11.9. The highest BCUT2D eigenvalue weighted by molar-refractivity contribution is 5.69. The van der Waals surface area contributed by atoms with Gasteiger partial charge in [-0.3, -0.25) is 4.79 Å². The molecule has 0 saturated carbocycles. The molecule has 0 heterocycles. The van der Waals surface area contributed by atoms with Crippen LogP contribution in [0, 0.1) is 0 Å². The van der Waals surface area contributed by atoms with Crippen LogP contribution in [0.5, 0.6) is 0 Å². The van der Waals surface area contributed by atoms with Crippen LogP contribution in [0.25, 0.3) is 0 Å². The van der Waals surface area contributed by atoms with Gasteiger partial charge in [-0.2, -0.15) is 0 Å². The van der Waals surface area contributed by atoms with Crippen LogP contribution >= 0.6 is 0 Å². The number of unbranched alkanes of at least 4 members (excludes halogenated alkanes) is 1. The molecule has 25 heavy (non-hydrogen) atoms. The molecule has 1 aliphatic carbocycles. The van der Waals surface area contributed by atoms with E-state index in [9.17, 15) is 4.79 Å². The Hall–Kier alpha value is -2.09. The largest absolute Gasteiger partial charge is 0.466 e. The molecule has 0 aliphatic heterocycles. The standard InChI is InChI=1S/C23H28O2/c1-2-3-17-25-23(24)16-14-19-13-15-21(18-9-5-4-6-10-18)22-12-8-7-11-20(19)22/h4-12,19,21H,2-3,13-17H2,1H3. The highest BCUT2D eigenvalue weighted by Gasteiger charge is 2.28. The third-order valence-corrected chi connectivity index (χ3v) is 5.27. The minimum Gasteiger partial charge on any atom is -0.466 e. The number of ether oxygens (including phenoxy) is 1. The molecule has 0 amide bonds. The summed E-state index contributed by atoms with van der Waals surface area (Å²) in [5, 5.41) is 0. The summed E-state index contributed by atoms with van der Waals surface area (Å²) < 4.78 is 5.31. The summed E-state index contributed by atoms with van der Waals surface area (Å²) in [6, 6.07) is 19.5. The average molecular weight is 336 g/mol. The summed E-state index contributed by atoms with van der Waals surface area (Å²) in [7, 11) is 0. The molecule has 3 rings (SSSR count). The van der Waals surface area contributed by atoms with E-state index in [2.05, 4.69) is 61.5 Å². The van der Waals surface area contributed by atoms with Crippen LogP contribution in [-0.4, -0.2) is 12.6 Å². The third-order valence-electron chi connectivity index (χ3n) is 5.27. The van der Waals surface area contributed by atoms with Crippen LogP contribution in [0.1, 0.15) is 74.0 Å². The van der Waals surface area contributed by atoms with Crippen LogP contribution < -0.4 is 0 Å². The number of benzene rings is 2. The molecule has 1 aliphatic rings. The van der Waals surface area contributed by atoms with Crippen molar-refractivity contribution >= 4 is 5.97 Å². The molecule has 2 nitrogen and oxygen atoms in total. The van der Waals surface area contributed by atoms with E-state index in [-0.39, 0.29) is 5.97 Å². The Kier molecular flexibility index (Phi) is 6.27. The van der Waals surface area contributed by atoms with E-state index in [1.54, 1.807) is 0 Å². The summed E-state index contributed by atoms with van der Waals surface area (Å²) in [6.07, 6.45) is 5.72. The molecule has 2 heteroatoms. The first-order valence-electron chi connectivity index (χ1n) is 9.59. The number of fused-ring (bicyclic) bond motifs is 1. The molecule has 2 unspecified atom stereocenters.